The van der Waals surface area contributed by atoms with E-state index in [1.165, 1.54) is 190 Å². The second-order valence-electron chi connectivity index (χ2n) is 18.6. The number of H-pyrrole nitrogens is 2. The molecule has 3 aromatic heterocycles. The molecule has 3 aromatic rings. The molecular weight excluding hydrogens is 681 g/mol. The summed E-state index contributed by atoms with van der Waals surface area (Å²) in [6, 6.07) is 10.1. The molecule has 4 nitrogen and oxygen atoms in total. The summed E-state index contributed by atoms with van der Waals surface area (Å²) in [7, 11) is 0. The van der Waals surface area contributed by atoms with Gasteiger partial charge in [0.05, 0.1) is 22.8 Å². The van der Waals surface area contributed by atoms with Crippen molar-refractivity contribution in [2.24, 2.45) is 11.8 Å². The molecule has 298 valence electrons. The Morgan fingerprint density at radius 2 is 0.750 bits per heavy atom. The number of rotatable bonds is 8. The first-order valence-electron chi connectivity index (χ1n) is 23.9. The summed E-state index contributed by atoms with van der Waals surface area (Å²) in [6.45, 7) is 9.56. The molecule has 0 unspecified atom stereocenters. The summed E-state index contributed by atoms with van der Waals surface area (Å²) in [5, 5.41) is 0. The van der Waals surface area contributed by atoms with Crippen LogP contribution in [0, 0.1) is 11.8 Å². The molecule has 0 amide bonds. The lowest BCUT2D eigenvalue weighted by atomic mass is 9.79. The Hall–Kier alpha value is -3.40. The molecule has 0 aromatic carbocycles. The Balaban J connectivity index is 1.41. The Bertz CT molecular complexity index is 2130. The number of aromatic nitrogens is 4. The van der Waals surface area contributed by atoms with E-state index in [1.54, 1.807) is 27.8 Å². The van der Waals surface area contributed by atoms with E-state index in [2.05, 4.69) is 61.9 Å². The zero-order chi connectivity index (χ0) is 38.2. The van der Waals surface area contributed by atoms with Gasteiger partial charge in [-0.1, -0.05) is 105 Å². The van der Waals surface area contributed by atoms with Gasteiger partial charge in [-0.3, -0.25) is 0 Å². The van der Waals surface area contributed by atoms with E-state index in [-0.39, 0.29) is 0 Å². The van der Waals surface area contributed by atoms with Gasteiger partial charge in [0.15, 0.2) is 0 Å². The van der Waals surface area contributed by atoms with Crippen molar-refractivity contribution in [2.75, 3.05) is 0 Å². The second-order valence-corrected chi connectivity index (χ2v) is 18.6. The highest BCUT2D eigenvalue weighted by molar-refractivity contribution is 5.97. The van der Waals surface area contributed by atoms with Crippen LogP contribution >= 0.6 is 0 Å². The lowest BCUT2D eigenvalue weighted by Crippen LogP contribution is -2.09. The van der Waals surface area contributed by atoms with Crippen molar-refractivity contribution in [3.8, 4) is 0 Å². The van der Waals surface area contributed by atoms with Gasteiger partial charge >= 0.3 is 0 Å². The van der Waals surface area contributed by atoms with Gasteiger partial charge < -0.3 is 9.97 Å². The first kappa shape index (κ1) is 38.1. The molecule has 0 spiro atoms. The summed E-state index contributed by atoms with van der Waals surface area (Å²) in [5.74, 6) is 2.41. The van der Waals surface area contributed by atoms with Crippen molar-refractivity contribution in [3.63, 3.8) is 0 Å². The highest BCUT2D eigenvalue weighted by Crippen LogP contribution is 2.48. The first-order chi connectivity index (χ1) is 27.6. The molecule has 4 saturated carbocycles. The minimum absolute atomic E-state index is 0.587. The van der Waals surface area contributed by atoms with Crippen LogP contribution in [0.3, 0.4) is 0 Å². The van der Waals surface area contributed by atoms with Gasteiger partial charge in [-0.2, -0.15) is 0 Å². The van der Waals surface area contributed by atoms with E-state index in [4.69, 9.17) is 9.97 Å². The fourth-order valence-corrected chi connectivity index (χ4v) is 12.7. The van der Waals surface area contributed by atoms with E-state index >= 15 is 0 Å². The predicted octanol–water partition coefficient (Wildman–Crippen LogP) is 15.3. The maximum atomic E-state index is 5.73. The topological polar surface area (TPSA) is 57.4 Å². The van der Waals surface area contributed by atoms with Crippen molar-refractivity contribution < 1.29 is 0 Å². The third-order valence-corrected chi connectivity index (χ3v) is 15.3. The van der Waals surface area contributed by atoms with Crippen LogP contribution in [0.25, 0.3) is 44.4 Å². The molecule has 8 bridgehead atoms. The van der Waals surface area contributed by atoms with Gasteiger partial charge in [0, 0.05) is 22.1 Å². The zero-order valence-corrected chi connectivity index (χ0v) is 35.5. The summed E-state index contributed by atoms with van der Waals surface area (Å²) in [5.41, 5.74) is 22.5. The predicted molar refractivity (Wildman–Crippen MR) is 239 cm³/mol. The zero-order valence-electron chi connectivity index (χ0n) is 35.5. The van der Waals surface area contributed by atoms with Gasteiger partial charge in [-0.15, -0.1) is 0 Å². The van der Waals surface area contributed by atoms with Crippen LogP contribution in [-0.2, 0) is 12.8 Å². The Kier molecular flexibility index (Phi) is 11.5. The fourth-order valence-electron chi connectivity index (χ4n) is 12.7. The molecule has 0 radical (unpaired) electrons. The lowest BCUT2D eigenvalue weighted by Gasteiger charge is -2.24. The smallest absolute Gasteiger partial charge is 0.0696 e. The van der Waals surface area contributed by atoms with Crippen molar-refractivity contribution in [1.29, 1.82) is 0 Å². The molecule has 0 saturated heterocycles. The van der Waals surface area contributed by atoms with Crippen molar-refractivity contribution in [1.82, 2.24) is 19.9 Å². The van der Waals surface area contributed by atoms with Crippen LogP contribution in [0.4, 0.5) is 0 Å². The first-order valence-corrected chi connectivity index (χ1v) is 23.9. The molecular formula is C52H70N4. The monoisotopic (exact) mass is 751 g/mol. The molecule has 9 rings (SSSR count). The average Bonchev–Trinajstić information content (AvgIpc) is 3.98. The van der Waals surface area contributed by atoms with Crippen LogP contribution < -0.4 is 0 Å². The molecule has 4 heteroatoms. The van der Waals surface area contributed by atoms with Gasteiger partial charge in [0.1, 0.15) is 0 Å². The van der Waals surface area contributed by atoms with Crippen molar-refractivity contribution >= 4 is 44.4 Å². The standard InChI is InChI=1S/C52H70N4/c1-5-37-41-29-46-50(34-23-15-10-16-24-34)39(7-3)43(54-46)31-48-52(36-27-19-12-20-28-36)40(8-4)44(56-48)32-47-51(35-25-17-11-18-26-35)38(6-2)42(55-47)30-45(53-41)49(37)33-21-13-9-14-22-33/h29-36,53-54H,5-28H2,1-4H3. The molecule has 0 atom stereocenters. The maximum absolute atomic E-state index is 5.73. The number of allylic oxidation sites excluding steroid dienone is 4. The van der Waals surface area contributed by atoms with Crippen molar-refractivity contribution in [2.45, 2.75) is 194 Å². The molecule has 4 aliphatic carbocycles. The number of aromatic amines is 2. The van der Waals surface area contributed by atoms with E-state index in [1.807, 2.05) is 0 Å². The van der Waals surface area contributed by atoms with Gasteiger partial charge in [0.25, 0.3) is 0 Å². The number of fused-ring (bicyclic) bond motifs is 8. The minimum atomic E-state index is 0.587. The van der Waals surface area contributed by atoms with Crippen molar-refractivity contribution in [3.05, 3.63) is 69.3 Å². The number of hydrogen-bond donors (Lipinski definition) is 2. The van der Waals surface area contributed by atoms with Gasteiger partial charge in [-0.05, 0) is 170 Å². The summed E-state index contributed by atoms with van der Waals surface area (Å²) in [4.78, 5) is 19.8. The number of aryl methyl sites for hydroxylation is 2. The summed E-state index contributed by atoms with van der Waals surface area (Å²) in [6.07, 6.45) is 30.7. The largest absolute Gasteiger partial charge is 0.355 e. The highest BCUT2D eigenvalue weighted by atomic mass is 14.8. The van der Waals surface area contributed by atoms with E-state index in [0.29, 0.717) is 23.7 Å². The van der Waals surface area contributed by atoms with Crippen LogP contribution in [0.2, 0.25) is 0 Å². The summed E-state index contributed by atoms with van der Waals surface area (Å²) < 4.78 is 0. The number of nitrogens with one attached hydrogen (secondary N) is 2. The Labute approximate surface area is 337 Å². The molecule has 2 aliphatic heterocycles. The molecule has 4 fully saturated rings. The normalized spacial score (nSPS) is 21.1. The number of hydrogen-bond acceptors (Lipinski definition) is 2. The van der Waals surface area contributed by atoms with Crippen LogP contribution in [0.5, 0.6) is 0 Å². The number of nitrogens with zero attached hydrogens (tertiary/aromatic N) is 2. The van der Waals surface area contributed by atoms with E-state index < -0.39 is 0 Å². The van der Waals surface area contributed by atoms with Crippen LogP contribution in [0.15, 0.2) is 24.3 Å². The molecule has 2 N–H and O–H groups in total. The Morgan fingerprint density at radius 3 is 1.18 bits per heavy atom. The third kappa shape index (κ3) is 7.08. The second kappa shape index (κ2) is 16.8. The SMILES string of the molecule is CCC1=C(C2CCCCC2)c2cc3nc(cc4[nH]c(cc5[nH]c(cc1n2)c(C1CCCCC1)c5CC)c(C1CCCCC1)c4CC)C(C1CCCCC1)=C3CC. The van der Waals surface area contributed by atoms with E-state index in [0.717, 1.165) is 25.7 Å². The lowest BCUT2D eigenvalue weighted by molar-refractivity contribution is 0.429. The average molecular weight is 751 g/mol. The molecule has 56 heavy (non-hydrogen) atoms. The fraction of sp³-hybridized carbons (Fsp3) is 0.615. The molecule has 6 aliphatic rings. The van der Waals surface area contributed by atoms with Gasteiger partial charge in [0.2, 0.25) is 0 Å². The quantitative estimate of drug-likeness (QED) is 0.241. The maximum Gasteiger partial charge on any atom is 0.0696 e. The summed E-state index contributed by atoms with van der Waals surface area (Å²) >= 11 is 0. The van der Waals surface area contributed by atoms with Crippen LogP contribution in [0.1, 0.15) is 226 Å². The van der Waals surface area contributed by atoms with Gasteiger partial charge in [-0.25, -0.2) is 9.97 Å². The highest BCUT2D eigenvalue weighted by Gasteiger charge is 2.32. The Morgan fingerprint density at radius 1 is 0.393 bits per heavy atom. The third-order valence-electron chi connectivity index (χ3n) is 15.3. The molecule has 5 heterocycles. The van der Waals surface area contributed by atoms with E-state index in [9.17, 15) is 0 Å². The minimum Gasteiger partial charge on any atom is -0.355 e. The van der Waals surface area contributed by atoms with Crippen LogP contribution in [-0.4, -0.2) is 19.9 Å².